The lowest BCUT2D eigenvalue weighted by molar-refractivity contribution is 0.0605. The first-order chi connectivity index (χ1) is 7.27. The van der Waals surface area contributed by atoms with E-state index in [9.17, 15) is 4.79 Å². The van der Waals surface area contributed by atoms with Gasteiger partial charge >= 0.3 is 5.97 Å². The van der Waals surface area contributed by atoms with Gasteiger partial charge in [-0.05, 0) is 36.8 Å². The molecule has 1 aromatic heterocycles. The van der Waals surface area contributed by atoms with Gasteiger partial charge in [0.15, 0.2) is 0 Å². The first-order valence-corrected chi connectivity index (χ1v) is 5.95. The maximum absolute atomic E-state index is 11.6. The molecule has 1 heterocycles. The van der Waals surface area contributed by atoms with E-state index in [0.29, 0.717) is 0 Å². The molecule has 3 heteroatoms. The van der Waals surface area contributed by atoms with Crippen LogP contribution in [0.15, 0.2) is 6.58 Å². The molecule has 0 spiro atoms. The number of methoxy groups -OCH3 is 1. The van der Waals surface area contributed by atoms with Crippen LogP contribution in [0.4, 0.5) is 0 Å². The number of carbonyl (C=O) groups is 1. The number of carbonyl (C=O) groups excluding carboxylic acids is 1. The molecule has 0 saturated heterocycles. The maximum atomic E-state index is 11.6. The molecule has 0 saturated carbocycles. The van der Waals surface area contributed by atoms with E-state index in [1.807, 2.05) is 6.08 Å². The highest BCUT2D eigenvalue weighted by Crippen LogP contribution is 2.35. The summed E-state index contributed by atoms with van der Waals surface area (Å²) >= 11 is 1.52. The predicted octanol–water partition coefficient (Wildman–Crippen LogP) is 3.06. The molecule has 0 bridgehead atoms. The summed E-state index contributed by atoms with van der Waals surface area (Å²) in [6.07, 6.45) is 6.31. The van der Waals surface area contributed by atoms with E-state index in [1.54, 1.807) is 0 Å². The second kappa shape index (κ2) is 4.19. The highest BCUT2D eigenvalue weighted by atomic mass is 32.1. The Balaban J connectivity index is 2.51. The quantitative estimate of drug-likeness (QED) is 0.719. The van der Waals surface area contributed by atoms with Crippen LogP contribution in [0.3, 0.4) is 0 Å². The van der Waals surface area contributed by atoms with Gasteiger partial charge in [0.05, 0.1) is 7.11 Å². The third kappa shape index (κ3) is 1.72. The predicted molar refractivity (Wildman–Crippen MR) is 62.4 cm³/mol. The van der Waals surface area contributed by atoms with Crippen molar-refractivity contribution in [2.24, 2.45) is 0 Å². The summed E-state index contributed by atoms with van der Waals surface area (Å²) in [7, 11) is 1.44. The fraction of sp³-hybridized carbons (Fsp3) is 0.417. The minimum Gasteiger partial charge on any atom is -0.465 e. The van der Waals surface area contributed by atoms with Crippen molar-refractivity contribution >= 4 is 23.4 Å². The third-order valence-electron chi connectivity index (χ3n) is 2.81. The highest BCUT2D eigenvalue weighted by Gasteiger charge is 2.23. The van der Waals surface area contributed by atoms with Crippen LogP contribution in [0.5, 0.6) is 0 Å². The molecule has 2 rings (SSSR count). The molecule has 1 aliphatic carbocycles. The van der Waals surface area contributed by atoms with Crippen molar-refractivity contribution in [3.05, 3.63) is 27.5 Å². The molecule has 0 aliphatic heterocycles. The summed E-state index contributed by atoms with van der Waals surface area (Å²) in [5.41, 5.74) is 2.52. The SMILES string of the molecule is C=Cc1sc(C(=O)OC)c2c1CCCC2. The molecule has 0 fully saturated rings. The van der Waals surface area contributed by atoms with Crippen LogP contribution >= 0.6 is 11.3 Å². The highest BCUT2D eigenvalue weighted by molar-refractivity contribution is 7.15. The average Bonchev–Trinajstić information content (AvgIpc) is 2.67. The minimum atomic E-state index is -0.203. The molecule has 0 unspecified atom stereocenters. The third-order valence-corrected chi connectivity index (χ3v) is 4.06. The van der Waals surface area contributed by atoms with Gasteiger partial charge in [-0.2, -0.15) is 0 Å². The molecule has 0 N–H and O–H groups in total. The number of esters is 1. The normalized spacial score (nSPS) is 14.5. The van der Waals surface area contributed by atoms with Gasteiger partial charge in [0.2, 0.25) is 0 Å². The van der Waals surface area contributed by atoms with E-state index in [2.05, 4.69) is 6.58 Å². The Bertz CT molecular complexity index is 404. The van der Waals surface area contributed by atoms with Gasteiger partial charge in [-0.1, -0.05) is 12.7 Å². The number of rotatable bonds is 2. The van der Waals surface area contributed by atoms with Crippen molar-refractivity contribution < 1.29 is 9.53 Å². The summed E-state index contributed by atoms with van der Waals surface area (Å²) in [6, 6.07) is 0. The molecule has 2 nitrogen and oxygen atoms in total. The van der Waals surface area contributed by atoms with E-state index < -0.39 is 0 Å². The van der Waals surface area contributed by atoms with Crippen molar-refractivity contribution in [3.63, 3.8) is 0 Å². The zero-order chi connectivity index (χ0) is 10.8. The zero-order valence-corrected chi connectivity index (χ0v) is 9.65. The Labute approximate surface area is 93.6 Å². The summed E-state index contributed by atoms with van der Waals surface area (Å²) in [4.78, 5) is 13.5. The second-order valence-corrected chi connectivity index (χ2v) is 4.71. The van der Waals surface area contributed by atoms with Gasteiger partial charge in [-0.3, -0.25) is 0 Å². The fourth-order valence-corrected chi connectivity index (χ4v) is 3.25. The molecule has 0 aromatic carbocycles. The number of ether oxygens (including phenoxy) is 1. The smallest absolute Gasteiger partial charge is 0.348 e. The average molecular weight is 222 g/mol. The topological polar surface area (TPSA) is 26.3 Å². The summed E-state index contributed by atoms with van der Waals surface area (Å²) in [5.74, 6) is -0.203. The van der Waals surface area contributed by atoms with Crippen molar-refractivity contribution in [1.82, 2.24) is 0 Å². The summed E-state index contributed by atoms with van der Waals surface area (Å²) < 4.78 is 4.80. The summed E-state index contributed by atoms with van der Waals surface area (Å²) in [6.45, 7) is 3.80. The van der Waals surface area contributed by atoms with Crippen molar-refractivity contribution in [3.8, 4) is 0 Å². The molecule has 15 heavy (non-hydrogen) atoms. The molecule has 0 atom stereocenters. The van der Waals surface area contributed by atoms with E-state index in [1.165, 1.54) is 42.4 Å². The molecule has 0 amide bonds. The minimum absolute atomic E-state index is 0.203. The Morgan fingerprint density at radius 3 is 2.67 bits per heavy atom. The lowest BCUT2D eigenvalue weighted by Crippen LogP contribution is -2.07. The van der Waals surface area contributed by atoms with Crippen LogP contribution in [-0.4, -0.2) is 13.1 Å². The Hall–Kier alpha value is -1.09. The monoisotopic (exact) mass is 222 g/mol. The first-order valence-electron chi connectivity index (χ1n) is 5.13. The van der Waals surface area contributed by atoms with Gasteiger partial charge in [0.25, 0.3) is 0 Å². The van der Waals surface area contributed by atoms with Gasteiger partial charge in [-0.25, -0.2) is 4.79 Å². The van der Waals surface area contributed by atoms with Crippen LogP contribution in [-0.2, 0) is 17.6 Å². The van der Waals surface area contributed by atoms with Gasteiger partial charge in [0, 0.05) is 4.88 Å². The molecule has 80 valence electrons. The van der Waals surface area contributed by atoms with Crippen molar-refractivity contribution in [2.75, 3.05) is 7.11 Å². The lowest BCUT2D eigenvalue weighted by atomic mass is 9.92. The molecule has 0 radical (unpaired) electrons. The summed E-state index contributed by atoms with van der Waals surface area (Å²) in [5, 5.41) is 0. The van der Waals surface area contributed by atoms with Crippen LogP contribution in [0.2, 0.25) is 0 Å². The van der Waals surface area contributed by atoms with Crippen LogP contribution in [0.1, 0.15) is 38.5 Å². The van der Waals surface area contributed by atoms with E-state index >= 15 is 0 Å². The van der Waals surface area contributed by atoms with Crippen LogP contribution in [0, 0.1) is 0 Å². The van der Waals surface area contributed by atoms with Crippen molar-refractivity contribution in [2.45, 2.75) is 25.7 Å². The van der Waals surface area contributed by atoms with Gasteiger partial charge < -0.3 is 4.74 Å². The van der Waals surface area contributed by atoms with Crippen molar-refractivity contribution in [1.29, 1.82) is 0 Å². The van der Waals surface area contributed by atoms with Gasteiger partial charge in [-0.15, -0.1) is 11.3 Å². The Morgan fingerprint density at radius 2 is 2.07 bits per heavy atom. The maximum Gasteiger partial charge on any atom is 0.348 e. The first kappa shape index (κ1) is 10.4. The number of fused-ring (bicyclic) bond motifs is 1. The van der Waals surface area contributed by atoms with E-state index in [-0.39, 0.29) is 5.97 Å². The number of hydrogen-bond donors (Lipinski definition) is 0. The van der Waals surface area contributed by atoms with Crippen LogP contribution < -0.4 is 0 Å². The number of thiophene rings is 1. The molecular weight excluding hydrogens is 208 g/mol. The molecule has 1 aromatic rings. The second-order valence-electron chi connectivity index (χ2n) is 3.66. The molecule has 1 aliphatic rings. The Morgan fingerprint density at radius 1 is 1.40 bits per heavy atom. The van der Waals surface area contributed by atoms with Gasteiger partial charge in [0.1, 0.15) is 4.88 Å². The standard InChI is InChI=1S/C12H14O2S/c1-3-10-8-6-4-5-7-9(8)11(15-10)12(13)14-2/h3H,1,4-7H2,2H3. The van der Waals surface area contributed by atoms with Crippen LogP contribution in [0.25, 0.3) is 6.08 Å². The van der Waals surface area contributed by atoms with E-state index in [0.717, 1.165) is 22.6 Å². The zero-order valence-electron chi connectivity index (χ0n) is 8.84. The fourth-order valence-electron chi connectivity index (χ4n) is 2.08. The van der Waals surface area contributed by atoms with E-state index in [4.69, 9.17) is 4.74 Å². The Kier molecular flexibility index (Phi) is 2.91. The number of hydrogen-bond acceptors (Lipinski definition) is 3. The molecular formula is C12H14O2S. The largest absolute Gasteiger partial charge is 0.465 e. The lowest BCUT2D eigenvalue weighted by Gasteiger charge is -2.12.